The van der Waals surface area contributed by atoms with E-state index in [4.69, 9.17) is 15.8 Å². The number of nitrogens with one attached hydrogen (secondary N) is 1. The zero-order chi connectivity index (χ0) is 23.9. The molecule has 2 saturated heterocycles. The number of tetrazole rings is 1. The number of rotatable bonds is 4. The molecule has 3 aromatic heterocycles. The number of H-pyrrole nitrogens is 1. The van der Waals surface area contributed by atoms with Gasteiger partial charge in [0.25, 0.3) is 5.91 Å². The number of carbonyl (C=O) groups excluding carboxylic acids is 1. The van der Waals surface area contributed by atoms with Crippen LogP contribution in [0.2, 0.25) is 0 Å². The molecule has 3 N–H and O–H groups in total. The molecule has 5 heterocycles. The molecule has 2 fully saturated rings. The van der Waals surface area contributed by atoms with E-state index in [0.29, 0.717) is 23.5 Å². The Labute approximate surface area is 202 Å². The van der Waals surface area contributed by atoms with Crippen LogP contribution in [-0.4, -0.2) is 71.7 Å². The minimum Gasteiger partial charge on any atom is -0.355 e. The van der Waals surface area contributed by atoms with Crippen molar-refractivity contribution in [3.05, 3.63) is 53.3 Å². The summed E-state index contributed by atoms with van der Waals surface area (Å²) in [4.78, 5) is 22.9. The maximum atomic E-state index is 13.8. The van der Waals surface area contributed by atoms with Crippen LogP contribution >= 0.6 is 0 Å². The van der Waals surface area contributed by atoms with Gasteiger partial charge in [-0.05, 0) is 49.1 Å². The summed E-state index contributed by atoms with van der Waals surface area (Å²) in [5, 5.41) is 19.0. The molecule has 0 aliphatic carbocycles. The van der Waals surface area contributed by atoms with Crippen LogP contribution in [0.1, 0.15) is 53.3 Å². The molecule has 0 saturated carbocycles. The second-order valence-corrected chi connectivity index (χ2v) is 9.42. The number of aromatic nitrogens is 7. The minimum absolute atomic E-state index is 0.0466. The smallest absolute Gasteiger partial charge is 0.255 e. The molecule has 2 aliphatic rings. The van der Waals surface area contributed by atoms with Crippen LogP contribution in [0, 0.1) is 6.92 Å². The average Bonchev–Trinajstić information content (AvgIpc) is 3.64. The van der Waals surface area contributed by atoms with Crippen molar-refractivity contribution in [2.24, 2.45) is 5.73 Å². The Hall–Kier alpha value is -3.86. The Morgan fingerprint density at radius 2 is 2.06 bits per heavy atom. The van der Waals surface area contributed by atoms with Gasteiger partial charge in [0.2, 0.25) is 0 Å². The molecule has 35 heavy (non-hydrogen) atoms. The second kappa shape index (κ2) is 8.73. The molecule has 0 unspecified atom stereocenters. The van der Waals surface area contributed by atoms with Crippen LogP contribution in [0.15, 0.2) is 36.5 Å². The van der Waals surface area contributed by atoms with Gasteiger partial charge >= 0.3 is 0 Å². The number of hydrogen-bond acceptors (Lipinski definition) is 8. The Bertz CT molecular complexity index is 1360. The van der Waals surface area contributed by atoms with Gasteiger partial charge in [-0.2, -0.15) is 5.10 Å². The highest BCUT2D eigenvalue weighted by Gasteiger charge is 2.32. The summed E-state index contributed by atoms with van der Waals surface area (Å²) in [6, 6.07) is 9.51. The monoisotopic (exact) mass is 472 g/mol. The maximum Gasteiger partial charge on any atom is 0.255 e. The molecule has 0 spiro atoms. The summed E-state index contributed by atoms with van der Waals surface area (Å²) in [5.41, 5.74) is 10.1. The normalized spacial score (nSPS) is 20.6. The third kappa shape index (κ3) is 3.91. The van der Waals surface area contributed by atoms with E-state index in [1.54, 1.807) is 0 Å². The Morgan fingerprint density at radius 1 is 1.17 bits per heavy atom. The lowest BCUT2D eigenvalue weighted by molar-refractivity contribution is 0.0606. The van der Waals surface area contributed by atoms with Gasteiger partial charge in [-0.15, -0.1) is 5.10 Å². The van der Waals surface area contributed by atoms with E-state index in [0.717, 1.165) is 61.5 Å². The van der Waals surface area contributed by atoms with Crippen molar-refractivity contribution in [1.29, 1.82) is 0 Å². The van der Waals surface area contributed by atoms with Gasteiger partial charge in [0, 0.05) is 49.1 Å². The first-order valence-corrected chi connectivity index (χ1v) is 12.1. The van der Waals surface area contributed by atoms with Crippen LogP contribution < -0.4 is 10.6 Å². The fourth-order valence-corrected chi connectivity index (χ4v) is 5.27. The highest BCUT2D eigenvalue weighted by atomic mass is 16.2. The topological polar surface area (TPSA) is 134 Å². The number of aromatic amines is 1. The van der Waals surface area contributed by atoms with E-state index < -0.39 is 0 Å². The van der Waals surface area contributed by atoms with Crippen molar-refractivity contribution >= 4 is 17.4 Å². The summed E-state index contributed by atoms with van der Waals surface area (Å²) < 4.78 is 1.83. The van der Waals surface area contributed by atoms with Crippen molar-refractivity contribution in [3.8, 4) is 11.4 Å². The Kier molecular flexibility index (Phi) is 5.40. The van der Waals surface area contributed by atoms with Gasteiger partial charge in [0.15, 0.2) is 11.5 Å². The number of hydrogen-bond donors (Lipinski definition) is 2. The predicted octanol–water partition coefficient (Wildman–Crippen LogP) is 2.12. The molecule has 11 heteroatoms. The highest BCUT2D eigenvalue weighted by molar-refractivity contribution is 6.00. The highest BCUT2D eigenvalue weighted by Crippen LogP contribution is 2.34. The largest absolute Gasteiger partial charge is 0.355 e. The molecule has 180 valence electrons. The number of anilines is 1. The molecule has 0 bridgehead atoms. The summed E-state index contributed by atoms with van der Waals surface area (Å²) in [5.74, 6) is 1.39. The molecule has 1 aromatic carbocycles. The number of fused-ring (bicyclic) bond motifs is 1. The standard InChI is InChI=1S/C24H28N10O/c1-15-13-34-21(26-23(15)32-11-9-16(25)14-32)12-19(29-34)20-8-4-5-10-33(20)24(35)18-7-3-2-6-17(18)22-27-30-31-28-22/h2-3,6-7,12-13,16,20H,4-5,8-11,14,25H2,1H3,(H,27,28,30,31)/t16-,20-/m0/s1. The van der Waals surface area contributed by atoms with E-state index in [1.807, 2.05) is 45.9 Å². The third-order valence-corrected chi connectivity index (χ3v) is 7.01. The minimum atomic E-state index is -0.122. The lowest BCUT2D eigenvalue weighted by Gasteiger charge is -2.35. The molecular formula is C24H28N10O. The first kappa shape index (κ1) is 21.7. The molecule has 1 amide bonds. The lowest BCUT2D eigenvalue weighted by atomic mass is 9.97. The number of nitrogens with two attached hydrogens (primary N) is 1. The summed E-state index contributed by atoms with van der Waals surface area (Å²) in [7, 11) is 0. The average molecular weight is 473 g/mol. The molecule has 11 nitrogen and oxygen atoms in total. The van der Waals surface area contributed by atoms with Crippen LogP contribution in [-0.2, 0) is 0 Å². The van der Waals surface area contributed by atoms with Crippen molar-refractivity contribution in [2.45, 2.75) is 44.7 Å². The van der Waals surface area contributed by atoms with Crippen molar-refractivity contribution in [2.75, 3.05) is 24.5 Å². The van der Waals surface area contributed by atoms with Gasteiger partial charge in [0.05, 0.1) is 17.3 Å². The van der Waals surface area contributed by atoms with E-state index >= 15 is 0 Å². The van der Waals surface area contributed by atoms with E-state index in [9.17, 15) is 4.79 Å². The third-order valence-electron chi connectivity index (χ3n) is 7.01. The van der Waals surface area contributed by atoms with E-state index in [1.165, 1.54) is 0 Å². The molecular weight excluding hydrogens is 444 g/mol. The van der Waals surface area contributed by atoms with Crippen LogP contribution in [0.4, 0.5) is 5.82 Å². The molecule has 0 radical (unpaired) electrons. The van der Waals surface area contributed by atoms with Crippen LogP contribution in [0.3, 0.4) is 0 Å². The first-order valence-electron chi connectivity index (χ1n) is 12.1. The Balaban J connectivity index is 1.34. The van der Waals surface area contributed by atoms with Gasteiger partial charge in [0.1, 0.15) is 5.82 Å². The van der Waals surface area contributed by atoms with Gasteiger partial charge in [-0.25, -0.2) is 14.6 Å². The van der Waals surface area contributed by atoms with E-state index in [2.05, 4.69) is 32.4 Å². The van der Waals surface area contributed by atoms with Gasteiger partial charge in [-0.1, -0.05) is 18.2 Å². The number of piperidine rings is 1. The number of nitrogens with zero attached hydrogens (tertiary/aromatic N) is 8. The number of carbonyl (C=O) groups is 1. The fourth-order valence-electron chi connectivity index (χ4n) is 5.27. The van der Waals surface area contributed by atoms with Crippen molar-refractivity contribution in [1.82, 2.24) is 40.1 Å². The summed E-state index contributed by atoms with van der Waals surface area (Å²) in [6.07, 6.45) is 5.85. The van der Waals surface area contributed by atoms with Crippen LogP contribution in [0.25, 0.3) is 17.0 Å². The summed E-state index contributed by atoms with van der Waals surface area (Å²) in [6.45, 7) is 4.45. The fraction of sp³-hybridized carbons (Fsp3) is 0.417. The summed E-state index contributed by atoms with van der Waals surface area (Å²) >= 11 is 0. The second-order valence-electron chi connectivity index (χ2n) is 9.42. The molecule has 6 rings (SSSR count). The lowest BCUT2D eigenvalue weighted by Crippen LogP contribution is -2.39. The van der Waals surface area contributed by atoms with Crippen molar-refractivity contribution < 1.29 is 4.79 Å². The van der Waals surface area contributed by atoms with Gasteiger partial charge < -0.3 is 15.5 Å². The van der Waals surface area contributed by atoms with Crippen molar-refractivity contribution in [3.63, 3.8) is 0 Å². The Morgan fingerprint density at radius 3 is 2.86 bits per heavy atom. The SMILES string of the molecule is Cc1cn2nc([C@@H]3CCCCN3C(=O)c3ccccc3-c3nnn[nH]3)cc2nc1N1CC[C@H](N)C1. The molecule has 2 aliphatic heterocycles. The maximum absolute atomic E-state index is 13.8. The number of benzene rings is 1. The predicted molar refractivity (Wildman–Crippen MR) is 130 cm³/mol. The molecule has 2 atom stereocenters. The molecule has 4 aromatic rings. The van der Waals surface area contributed by atoms with E-state index in [-0.39, 0.29) is 18.0 Å². The van der Waals surface area contributed by atoms with Gasteiger partial charge in [-0.3, -0.25) is 4.79 Å². The quantitative estimate of drug-likeness (QED) is 0.461. The van der Waals surface area contributed by atoms with Crippen LogP contribution in [0.5, 0.6) is 0 Å². The zero-order valence-electron chi connectivity index (χ0n) is 19.6. The number of amides is 1. The first-order chi connectivity index (χ1) is 17.1. The number of aryl methyl sites for hydroxylation is 1. The zero-order valence-corrected chi connectivity index (χ0v) is 19.6. The number of likely N-dealkylation sites (tertiary alicyclic amines) is 1.